The average molecular weight is 437 g/mol. The molecule has 0 bridgehead atoms. The van der Waals surface area contributed by atoms with Gasteiger partial charge in [0.2, 0.25) is 15.9 Å². The van der Waals surface area contributed by atoms with Crippen molar-refractivity contribution < 1.29 is 31.1 Å². The Labute approximate surface area is 168 Å². The van der Waals surface area contributed by atoms with Crippen molar-refractivity contribution >= 4 is 15.9 Å². The quantitative estimate of drug-likeness (QED) is 0.618. The molecular weight excluding hydrogens is 411 g/mol. The summed E-state index contributed by atoms with van der Waals surface area (Å²) in [5.74, 6) is -0.0479. The molecule has 2 N–H and O–H groups in total. The van der Waals surface area contributed by atoms with Crippen LogP contribution in [0.1, 0.15) is 26.2 Å². The van der Waals surface area contributed by atoms with Crippen LogP contribution < -0.4 is 14.8 Å². The molecular formula is C18H26F3N3O4S. The summed E-state index contributed by atoms with van der Waals surface area (Å²) in [5.41, 5.74) is 0. The summed E-state index contributed by atoms with van der Waals surface area (Å²) in [6, 6.07) is 3.83. The Bertz CT molecular complexity index is 762. The molecule has 1 aromatic carbocycles. The minimum absolute atomic E-state index is 0.0362. The van der Waals surface area contributed by atoms with Gasteiger partial charge in [-0.05, 0) is 56.1 Å². The van der Waals surface area contributed by atoms with Crippen LogP contribution >= 0.6 is 0 Å². The van der Waals surface area contributed by atoms with Crippen molar-refractivity contribution in [1.29, 1.82) is 0 Å². The number of piperidine rings is 1. The fourth-order valence-electron chi connectivity index (χ4n) is 2.93. The molecule has 1 fully saturated rings. The molecule has 2 rings (SSSR count). The van der Waals surface area contributed by atoms with Gasteiger partial charge in [-0.3, -0.25) is 4.79 Å². The maximum absolute atomic E-state index is 12.1. The minimum atomic E-state index is -4.85. The van der Waals surface area contributed by atoms with Crippen molar-refractivity contribution in [3.8, 4) is 5.75 Å². The molecule has 1 aliphatic rings. The lowest BCUT2D eigenvalue weighted by Crippen LogP contribution is -2.39. The van der Waals surface area contributed by atoms with Crippen LogP contribution in [0.5, 0.6) is 5.75 Å². The predicted octanol–water partition coefficient (Wildman–Crippen LogP) is 2.10. The number of hydrogen-bond acceptors (Lipinski definition) is 5. The highest BCUT2D eigenvalue weighted by molar-refractivity contribution is 7.89. The number of carbonyl (C=O) groups is 1. The van der Waals surface area contributed by atoms with Gasteiger partial charge in [0.05, 0.1) is 4.90 Å². The molecule has 0 spiro atoms. The van der Waals surface area contributed by atoms with Gasteiger partial charge in [0.1, 0.15) is 5.75 Å². The van der Waals surface area contributed by atoms with Gasteiger partial charge in [-0.2, -0.15) is 0 Å². The fourth-order valence-corrected chi connectivity index (χ4v) is 3.96. The molecule has 0 radical (unpaired) electrons. The summed E-state index contributed by atoms with van der Waals surface area (Å²) in [7, 11) is -3.93. The van der Waals surface area contributed by atoms with Gasteiger partial charge in [0, 0.05) is 26.1 Å². The number of hydrogen-bond donors (Lipinski definition) is 2. The van der Waals surface area contributed by atoms with E-state index in [2.05, 4.69) is 26.6 Å². The smallest absolute Gasteiger partial charge is 0.406 e. The van der Waals surface area contributed by atoms with Crippen molar-refractivity contribution in [2.24, 2.45) is 5.92 Å². The van der Waals surface area contributed by atoms with E-state index < -0.39 is 22.1 Å². The van der Waals surface area contributed by atoms with E-state index in [1.807, 2.05) is 0 Å². The van der Waals surface area contributed by atoms with E-state index >= 15 is 0 Å². The van der Waals surface area contributed by atoms with Crippen LogP contribution in [-0.4, -0.2) is 58.3 Å². The summed E-state index contributed by atoms with van der Waals surface area (Å²) in [6.07, 6.45) is -2.58. The summed E-state index contributed by atoms with van der Waals surface area (Å²) in [4.78, 5) is 13.9. The van der Waals surface area contributed by atoms with Gasteiger partial charge in [-0.25, -0.2) is 13.1 Å². The second kappa shape index (κ2) is 10.3. The second-order valence-electron chi connectivity index (χ2n) is 7.04. The lowest BCUT2D eigenvalue weighted by Gasteiger charge is -2.30. The molecule has 0 unspecified atom stereocenters. The Morgan fingerprint density at radius 1 is 1.17 bits per heavy atom. The highest BCUT2D eigenvalue weighted by Crippen LogP contribution is 2.23. The molecule has 1 amide bonds. The standard InChI is InChI=1S/C18H26F3N3O4S/c1-14-7-11-24(12-8-14)13-10-22-17(25)6-9-23-29(26,27)16-4-2-15(3-5-16)28-18(19,20)21/h2-5,14,23H,6-13H2,1H3,(H,22,25). The number of rotatable bonds is 9. The van der Waals surface area contributed by atoms with Gasteiger partial charge >= 0.3 is 6.36 Å². The van der Waals surface area contributed by atoms with E-state index in [9.17, 15) is 26.4 Å². The minimum Gasteiger partial charge on any atom is -0.406 e. The molecule has 11 heteroatoms. The van der Waals surface area contributed by atoms with Gasteiger partial charge in [-0.15, -0.1) is 13.2 Å². The number of alkyl halides is 3. The summed E-state index contributed by atoms with van der Waals surface area (Å²) in [5, 5.41) is 2.76. The van der Waals surface area contributed by atoms with E-state index in [1.54, 1.807) is 0 Å². The average Bonchev–Trinajstić information content (AvgIpc) is 2.62. The third-order valence-corrected chi connectivity index (χ3v) is 6.12. The molecule has 7 nitrogen and oxygen atoms in total. The van der Waals surface area contributed by atoms with Crippen LogP contribution in [0.4, 0.5) is 13.2 Å². The summed E-state index contributed by atoms with van der Waals surface area (Å²) in [6.45, 7) is 5.41. The number of nitrogens with one attached hydrogen (secondary N) is 2. The SMILES string of the molecule is CC1CCN(CCNC(=O)CCNS(=O)(=O)c2ccc(OC(F)(F)F)cc2)CC1. The topological polar surface area (TPSA) is 87.7 Å². The van der Waals surface area contributed by atoms with Gasteiger partial charge in [-0.1, -0.05) is 6.92 Å². The third-order valence-electron chi connectivity index (χ3n) is 4.64. The van der Waals surface area contributed by atoms with Gasteiger partial charge in [0.15, 0.2) is 0 Å². The first kappa shape index (κ1) is 23.4. The van der Waals surface area contributed by atoms with Crippen LogP contribution in [0.3, 0.4) is 0 Å². The van der Waals surface area contributed by atoms with E-state index in [1.165, 1.54) is 0 Å². The molecule has 1 saturated heterocycles. The Hall–Kier alpha value is -1.85. The molecule has 164 valence electrons. The molecule has 1 heterocycles. The molecule has 1 aliphatic heterocycles. The zero-order chi connectivity index (χ0) is 21.5. The van der Waals surface area contributed by atoms with Crippen molar-refractivity contribution in [2.75, 3.05) is 32.7 Å². The van der Waals surface area contributed by atoms with Crippen LogP contribution in [0.25, 0.3) is 0 Å². The van der Waals surface area contributed by atoms with E-state index in [-0.39, 0.29) is 23.8 Å². The Morgan fingerprint density at radius 2 is 1.79 bits per heavy atom. The fraction of sp³-hybridized carbons (Fsp3) is 0.611. The number of amides is 1. The zero-order valence-electron chi connectivity index (χ0n) is 16.2. The highest BCUT2D eigenvalue weighted by Gasteiger charge is 2.31. The Kier molecular flexibility index (Phi) is 8.29. The molecule has 29 heavy (non-hydrogen) atoms. The number of carbonyl (C=O) groups excluding carboxylic acids is 1. The third kappa shape index (κ3) is 8.58. The Morgan fingerprint density at radius 3 is 2.38 bits per heavy atom. The summed E-state index contributed by atoms with van der Waals surface area (Å²) >= 11 is 0. The number of benzene rings is 1. The maximum atomic E-state index is 12.1. The largest absolute Gasteiger partial charge is 0.573 e. The van der Waals surface area contributed by atoms with Crippen LogP contribution in [0.15, 0.2) is 29.2 Å². The molecule has 0 saturated carbocycles. The molecule has 0 atom stereocenters. The lowest BCUT2D eigenvalue weighted by molar-refractivity contribution is -0.274. The number of nitrogens with zero attached hydrogens (tertiary/aromatic N) is 1. The lowest BCUT2D eigenvalue weighted by atomic mass is 9.99. The van der Waals surface area contributed by atoms with Crippen LogP contribution in [-0.2, 0) is 14.8 Å². The molecule has 1 aromatic rings. The zero-order valence-corrected chi connectivity index (χ0v) is 17.0. The van der Waals surface area contributed by atoms with Crippen LogP contribution in [0.2, 0.25) is 0 Å². The predicted molar refractivity (Wildman–Crippen MR) is 101 cm³/mol. The van der Waals surface area contributed by atoms with E-state index in [0.29, 0.717) is 6.54 Å². The number of ether oxygens (including phenoxy) is 1. The highest BCUT2D eigenvalue weighted by atomic mass is 32.2. The van der Waals surface area contributed by atoms with E-state index in [0.717, 1.165) is 62.7 Å². The maximum Gasteiger partial charge on any atom is 0.573 e. The molecule has 0 aromatic heterocycles. The Balaban J connectivity index is 1.69. The molecule has 0 aliphatic carbocycles. The second-order valence-corrected chi connectivity index (χ2v) is 8.81. The van der Waals surface area contributed by atoms with Gasteiger partial charge < -0.3 is 15.0 Å². The number of halogens is 3. The van der Waals surface area contributed by atoms with Crippen LogP contribution in [0, 0.1) is 5.92 Å². The van der Waals surface area contributed by atoms with E-state index in [4.69, 9.17) is 0 Å². The number of likely N-dealkylation sites (tertiary alicyclic amines) is 1. The monoisotopic (exact) mass is 437 g/mol. The first-order valence-electron chi connectivity index (χ1n) is 9.40. The first-order valence-corrected chi connectivity index (χ1v) is 10.9. The van der Waals surface area contributed by atoms with Crippen molar-refractivity contribution in [2.45, 2.75) is 37.4 Å². The summed E-state index contributed by atoms with van der Waals surface area (Å²) < 4.78 is 66.6. The normalized spacial score (nSPS) is 16.6. The van der Waals surface area contributed by atoms with Crippen molar-refractivity contribution in [3.05, 3.63) is 24.3 Å². The van der Waals surface area contributed by atoms with Gasteiger partial charge in [0.25, 0.3) is 0 Å². The first-order chi connectivity index (χ1) is 13.5. The van der Waals surface area contributed by atoms with Crippen molar-refractivity contribution in [3.63, 3.8) is 0 Å². The van der Waals surface area contributed by atoms with Crippen molar-refractivity contribution in [1.82, 2.24) is 14.9 Å². The number of sulfonamides is 1.